The zero-order valence-electron chi connectivity index (χ0n) is 15.9. The molecular formula is C22H20N4O2. The second-order valence-corrected chi connectivity index (χ2v) is 6.83. The van der Waals surface area contributed by atoms with Gasteiger partial charge in [0.25, 0.3) is 5.91 Å². The number of fused-ring (bicyclic) bond motifs is 1. The van der Waals surface area contributed by atoms with Crippen molar-refractivity contribution in [3.8, 4) is 11.1 Å². The molecular weight excluding hydrogens is 352 g/mol. The van der Waals surface area contributed by atoms with Gasteiger partial charge in [-0.15, -0.1) is 0 Å². The number of anilines is 2. The first-order valence-electron chi connectivity index (χ1n) is 8.93. The van der Waals surface area contributed by atoms with Gasteiger partial charge in [0.05, 0.1) is 22.5 Å². The third kappa shape index (κ3) is 3.09. The fourth-order valence-electron chi connectivity index (χ4n) is 3.35. The maximum absolute atomic E-state index is 12.0. The number of primary amides is 1. The Balaban J connectivity index is 1.87. The van der Waals surface area contributed by atoms with Crippen molar-refractivity contribution in [2.45, 2.75) is 20.8 Å². The summed E-state index contributed by atoms with van der Waals surface area (Å²) in [5.41, 5.74) is 12.1. The Labute approximate surface area is 162 Å². The van der Waals surface area contributed by atoms with E-state index < -0.39 is 5.91 Å². The standard InChI is InChI=1S/C22H20N4O2/c1-12-4-7-16(8-5-12)25-21-17-9-6-15(20-13(2)26-28-14(20)3)10-19(17)24-11-18(21)22(23)27/h4-11H,1-3H3,(H2,23,27)(H,24,25). The molecule has 0 atom stereocenters. The van der Waals surface area contributed by atoms with Gasteiger partial charge in [0.1, 0.15) is 5.76 Å². The molecule has 0 aliphatic heterocycles. The van der Waals surface area contributed by atoms with E-state index in [1.54, 1.807) is 0 Å². The Morgan fingerprint density at radius 3 is 2.46 bits per heavy atom. The number of hydrogen-bond acceptors (Lipinski definition) is 5. The van der Waals surface area contributed by atoms with Crippen LogP contribution in [-0.4, -0.2) is 16.0 Å². The highest BCUT2D eigenvalue weighted by molar-refractivity contribution is 6.08. The van der Waals surface area contributed by atoms with E-state index in [2.05, 4.69) is 15.5 Å². The van der Waals surface area contributed by atoms with Crippen molar-refractivity contribution >= 4 is 28.2 Å². The maximum Gasteiger partial charge on any atom is 0.252 e. The number of benzene rings is 2. The van der Waals surface area contributed by atoms with Crippen LogP contribution in [0, 0.1) is 20.8 Å². The van der Waals surface area contributed by atoms with Gasteiger partial charge in [-0.1, -0.05) is 35.0 Å². The lowest BCUT2D eigenvalue weighted by atomic mass is 10.0. The summed E-state index contributed by atoms with van der Waals surface area (Å²) in [6.07, 6.45) is 1.51. The molecule has 3 N–H and O–H groups in total. The Morgan fingerprint density at radius 1 is 1.07 bits per heavy atom. The van der Waals surface area contributed by atoms with E-state index in [0.717, 1.165) is 44.7 Å². The summed E-state index contributed by atoms with van der Waals surface area (Å²) >= 11 is 0. The second-order valence-electron chi connectivity index (χ2n) is 6.83. The lowest BCUT2D eigenvalue weighted by Crippen LogP contribution is -2.14. The SMILES string of the molecule is Cc1ccc(Nc2c(C(N)=O)cnc3cc(-c4c(C)noc4C)ccc23)cc1. The van der Waals surface area contributed by atoms with Gasteiger partial charge in [-0.05, 0) is 44.5 Å². The summed E-state index contributed by atoms with van der Waals surface area (Å²) in [5.74, 6) is 0.224. The van der Waals surface area contributed by atoms with Crippen molar-refractivity contribution in [3.63, 3.8) is 0 Å². The molecule has 0 saturated heterocycles. The summed E-state index contributed by atoms with van der Waals surface area (Å²) in [5, 5.41) is 8.16. The number of nitrogens with one attached hydrogen (secondary N) is 1. The Morgan fingerprint density at radius 2 is 1.82 bits per heavy atom. The predicted octanol–water partition coefficient (Wildman–Crippen LogP) is 4.66. The van der Waals surface area contributed by atoms with Crippen LogP contribution in [0.25, 0.3) is 22.0 Å². The highest BCUT2D eigenvalue weighted by Crippen LogP contribution is 2.34. The first-order chi connectivity index (χ1) is 13.4. The Hall–Kier alpha value is -3.67. The molecule has 2 aromatic carbocycles. The molecule has 4 aromatic rings. The van der Waals surface area contributed by atoms with Crippen LogP contribution in [0.3, 0.4) is 0 Å². The van der Waals surface area contributed by atoms with Crippen molar-refractivity contribution in [3.05, 3.63) is 71.2 Å². The van der Waals surface area contributed by atoms with Gasteiger partial charge in [0, 0.05) is 22.8 Å². The van der Waals surface area contributed by atoms with Gasteiger partial charge in [0.15, 0.2) is 0 Å². The summed E-state index contributed by atoms with van der Waals surface area (Å²) in [6.45, 7) is 5.81. The predicted molar refractivity (Wildman–Crippen MR) is 110 cm³/mol. The van der Waals surface area contributed by atoms with E-state index in [4.69, 9.17) is 10.3 Å². The lowest BCUT2D eigenvalue weighted by molar-refractivity contribution is 0.100. The van der Waals surface area contributed by atoms with E-state index in [0.29, 0.717) is 11.3 Å². The third-order valence-corrected chi connectivity index (χ3v) is 4.78. The normalized spacial score (nSPS) is 11.0. The number of aryl methyl sites for hydroxylation is 3. The first kappa shape index (κ1) is 17.7. The number of nitrogens with zero attached hydrogens (tertiary/aromatic N) is 2. The zero-order chi connectivity index (χ0) is 19.8. The number of carbonyl (C=O) groups excluding carboxylic acids is 1. The average Bonchev–Trinajstić information content (AvgIpc) is 3.01. The summed E-state index contributed by atoms with van der Waals surface area (Å²) in [4.78, 5) is 16.4. The number of pyridine rings is 1. The molecule has 28 heavy (non-hydrogen) atoms. The van der Waals surface area contributed by atoms with E-state index in [9.17, 15) is 4.79 Å². The van der Waals surface area contributed by atoms with Gasteiger partial charge in [-0.25, -0.2) is 0 Å². The Bertz CT molecular complexity index is 1170. The molecule has 6 heteroatoms. The fraction of sp³-hybridized carbons (Fsp3) is 0.136. The van der Waals surface area contributed by atoms with Gasteiger partial charge in [0.2, 0.25) is 0 Å². The van der Waals surface area contributed by atoms with Crippen LogP contribution in [-0.2, 0) is 0 Å². The first-order valence-corrected chi connectivity index (χ1v) is 8.93. The van der Waals surface area contributed by atoms with Crippen molar-refractivity contribution in [1.29, 1.82) is 0 Å². The van der Waals surface area contributed by atoms with Gasteiger partial charge < -0.3 is 15.6 Å². The number of rotatable bonds is 4. The minimum atomic E-state index is -0.529. The van der Waals surface area contributed by atoms with Crippen molar-refractivity contribution in [2.24, 2.45) is 5.73 Å². The second kappa shape index (κ2) is 6.81. The van der Waals surface area contributed by atoms with Crippen LogP contribution < -0.4 is 11.1 Å². The zero-order valence-corrected chi connectivity index (χ0v) is 15.9. The van der Waals surface area contributed by atoms with Crippen LogP contribution in [0.4, 0.5) is 11.4 Å². The lowest BCUT2D eigenvalue weighted by Gasteiger charge is -2.14. The molecule has 0 spiro atoms. The molecule has 0 radical (unpaired) electrons. The summed E-state index contributed by atoms with van der Waals surface area (Å²) < 4.78 is 5.28. The molecule has 4 rings (SSSR count). The van der Waals surface area contributed by atoms with Crippen LogP contribution in [0.1, 0.15) is 27.4 Å². The number of hydrogen-bond donors (Lipinski definition) is 2. The van der Waals surface area contributed by atoms with Crippen molar-refractivity contribution < 1.29 is 9.32 Å². The monoisotopic (exact) mass is 372 g/mol. The molecule has 0 bridgehead atoms. The van der Waals surface area contributed by atoms with Crippen LogP contribution in [0.5, 0.6) is 0 Å². The van der Waals surface area contributed by atoms with Crippen LogP contribution in [0.15, 0.2) is 53.2 Å². The smallest absolute Gasteiger partial charge is 0.252 e. The quantitative estimate of drug-likeness (QED) is 0.543. The number of nitrogens with two attached hydrogens (primary N) is 1. The van der Waals surface area contributed by atoms with Gasteiger partial charge >= 0.3 is 0 Å². The maximum atomic E-state index is 12.0. The molecule has 0 unspecified atom stereocenters. The molecule has 140 valence electrons. The molecule has 0 fully saturated rings. The molecule has 0 aliphatic rings. The number of carbonyl (C=O) groups is 1. The fourth-order valence-corrected chi connectivity index (χ4v) is 3.35. The van der Waals surface area contributed by atoms with Crippen molar-refractivity contribution in [2.75, 3.05) is 5.32 Å². The van der Waals surface area contributed by atoms with Crippen LogP contribution >= 0.6 is 0 Å². The van der Waals surface area contributed by atoms with Gasteiger partial charge in [-0.2, -0.15) is 0 Å². The van der Waals surface area contributed by atoms with Crippen LogP contribution in [0.2, 0.25) is 0 Å². The van der Waals surface area contributed by atoms with E-state index >= 15 is 0 Å². The Kier molecular flexibility index (Phi) is 4.31. The number of amides is 1. The third-order valence-electron chi connectivity index (χ3n) is 4.78. The highest BCUT2D eigenvalue weighted by Gasteiger charge is 2.16. The van der Waals surface area contributed by atoms with Gasteiger partial charge in [-0.3, -0.25) is 9.78 Å². The molecule has 6 nitrogen and oxygen atoms in total. The topological polar surface area (TPSA) is 94.0 Å². The van der Waals surface area contributed by atoms with E-state index in [-0.39, 0.29) is 0 Å². The minimum Gasteiger partial charge on any atom is -0.365 e. The molecule has 2 aromatic heterocycles. The summed E-state index contributed by atoms with van der Waals surface area (Å²) in [7, 11) is 0. The molecule has 2 heterocycles. The average molecular weight is 372 g/mol. The number of aromatic nitrogens is 2. The van der Waals surface area contributed by atoms with E-state index in [1.807, 2.05) is 63.2 Å². The van der Waals surface area contributed by atoms with Crippen molar-refractivity contribution in [1.82, 2.24) is 10.1 Å². The molecule has 0 saturated carbocycles. The summed E-state index contributed by atoms with van der Waals surface area (Å²) in [6, 6.07) is 13.8. The molecule has 0 aliphatic carbocycles. The molecule has 1 amide bonds. The largest absolute Gasteiger partial charge is 0.365 e. The highest BCUT2D eigenvalue weighted by atomic mass is 16.5. The minimum absolute atomic E-state index is 0.346. The van der Waals surface area contributed by atoms with E-state index in [1.165, 1.54) is 6.20 Å².